The highest BCUT2D eigenvalue weighted by Crippen LogP contribution is 2.09. The zero-order valence-electron chi connectivity index (χ0n) is 5.22. The highest BCUT2D eigenvalue weighted by Gasteiger charge is 2.19. The average molecular weight is 122 g/mol. The monoisotopic (exact) mass is 122 g/mol. The van der Waals surface area contributed by atoms with Crippen LogP contribution in [0, 0.1) is 0 Å². The zero-order chi connectivity index (χ0) is 6.10. The number of nitrogens with one attached hydrogen (secondary N) is 2. The second-order valence-electron chi connectivity index (χ2n) is 2.45. The van der Waals surface area contributed by atoms with Crippen LogP contribution in [0.15, 0.2) is 23.9 Å². The van der Waals surface area contributed by atoms with Gasteiger partial charge in [-0.15, -0.1) is 0 Å². The van der Waals surface area contributed by atoms with Gasteiger partial charge in [-0.25, -0.2) is 0 Å². The van der Waals surface area contributed by atoms with Crippen LogP contribution in [0.5, 0.6) is 0 Å². The number of rotatable bonds is 0. The molecule has 1 atom stereocenters. The summed E-state index contributed by atoms with van der Waals surface area (Å²) in [7, 11) is 0. The van der Waals surface area contributed by atoms with Gasteiger partial charge in [0.1, 0.15) is 0 Å². The molecule has 0 amide bonds. The highest BCUT2D eigenvalue weighted by atomic mass is 15.0. The molecule has 0 radical (unpaired) electrons. The number of allylic oxidation sites excluding steroid dienone is 2. The molecule has 1 unspecified atom stereocenters. The maximum Gasteiger partial charge on any atom is 0.0608 e. The van der Waals surface area contributed by atoms with Crippen molar-refractivity contribution >= 4 is 0 Å². The standard InChI is InChI=1S/C7H10N2/c1-2-6-4-8-5-7(6)9-3-1/h1-3,7-9H,4-5H2. The fraction of sp³-hybridized carbons (Fsp3) is 0.429. The Bertz CT molecular complexity index is 170. The second-order valence-corrected chi connectivity index (χ2v) is 2.45. The molecule has 0 aromatic carbocycles. The van der Waals surface area contributed by atoms with E-state index in [-0.39, 0.29) is 0 Å². The van der Waals surface area contributed by atoms with Gasteiger partial charge in [0.2, 0.25) is 0 Å². The van der Waals surface area contributed by atoms with Gasteiger partial charge in [0.15, 0.2) is 0 Å². The van der Waals surface area contributed by atoms with Crippen molar-refractivity contribution in [2.75, 3.05) is 13.1 Å². The van der Waals surface area contributed by atoms with Crippen LogP contribution in [0.2, 0.25) is 0 Å². The van der Waals surface area contributed by atoms with E-state index >= 15 is 0 Å². The Kier molecular flexibility index (Phi) is 1.06. The summed E-state index contributed by atoms with van der Waals surface area (Å²) in [5.74, 6) is 0. The summed E-state index contributed by atoms with van der Waals surface area (Å²) in [5.41, 5.74) is 1.48. The van der Waals surface area contributed by atoms with Gasteiger partial charge in [-0.1, -0.05) is 6.08 Å². The first-order chi connectivity index (χ1) is 4.47. The topological polar surface area (TPSA) is 24.1 Å². The minimum Gasteiger partial charge on any atom is -0.383 e. The molecule has 0 bridgehead atoms. The molecule has 2 aliphatic heterocycles. The molecule has 2 aliphatic rings. The molecule has 2 heterocycles. The van der Waals surface area contributed by atoms with E-state index in [2.05, 4.69) is 22.8 Å². The third kappa shape index (κ3) is 0.754. The summed E-state index contributed by atoms with van der Waals surface area (Å²) < 4.78 is 0. The van der Waals surface area contributed by atoms with E-state index in [0.29, 0.717) is 6.04 Å². The lowest BCUT2D eigenvalue weighted by Crippen LogP contribution is -2.28. The lowest BCUT2D eigenvalue weighted by Gasteiger charge is -2.13. The van der Waals surface area contributed by atoms with E-state index < -0.39 is 0 Å². The maximum atomic E-state index is 3.29. The van der Waals surface area contributed by atoms with E-state index in [9.17, 15) is 0 Å². The lowest BCUT2D eigenvalue weighted by atomic mass is 10.1. The lowest BCUT2D eigenvalue weighted by molar-refractivity contribution is 0.691. The summed E-state index contributed by atoms with van der Waals surface area (Å²) in [5, 5.41) is 6.56. The zero-order valence-corrected chi connectivity index (χ0v) is 5.22. The minimum atomic E-state index is 0.579. The maximum absolute atomic E-state index is 3.29. The SMILES string of the molecule is C1=CNC2CNCC2=C1. The van der Waals surface area contributed by atoms with Gasteiger partial charge < -0.3 is 10.6 Å². The molecule has 9 heavy (non-hydrogen) atoms. The Hall–Kier alpha value is -0.760. The molecular weight excluding hydrogens is 112 g/mol. The first-order valence-electron chi connectivity index (χ1n) is 3.29. The summed E-state index contributed by atoms with van der Waals surface area (Å²) in [6, 6.07) is 0.579. The molecule has 1 saturated heterocycles. The number of hydrogen-bond acceptors (Lipinski definition) is 2. The quantitative estimate of drug-likeness (QED) is 0.472. The van der Waals surface area contributed by atoms with E-state index in [1.54, 1.807) is 0 Å². The van der Waals surface area contributed by atoms with Crippen LogP contribution in [0.3, 0.4) is 0 Å². The molecule has 0 aromatic heterocycles. The van der Waals surface area contributed by atoms with Crippen molar-refractivity contribution in [2.45, 2.75) is 6.04 Å². The van der Waals surface area contributed by atoms with E-state index in [4.69, 9.17) is 0 Å². The van der Waals surface area contributed by atoms with Crippen molar-refractivity contribution in [1.29, 1.82) is 0 Å². The molecule has 0 aromatic rings. The molecule has 2 rings (SSSR count). The van der Waals surface area contributed by atoms with Crippen molar-refractivity contribution in [1.82, 2.24) is 10.6 Å². The van der Waals surface area contributed by atoms with Crippen LogP contribution in [-0.2, 0) is 0 Å². The summed E-state index contributed by atoms with van der Waals surface area (Å²) in [6.45, 7) is 2.14. The average Bonchev–Trinajstić information content (AvgIpc) is 2.33. The van der Waals surface area contributed by atoms with Gasteiger partial charge >= 0.3 is 0 Å². The number of fused-ring (bicyclic) bond motifs is 1. The van der Waals surface area contributed by atoms with E-state index in [0.717, 1.165) is 13.1 Å². The largest absolute Gasteiger partial charge is 0.383 e. The molecule has 1 fully saturated rings. The molecule has 0 spiro atoms. The predicted molar refractivity (Wildman–Crippen MR) is 37.0 cm³/mol. The first-order valence-corrected chi connectivity index (χ1v) is 3.29. The molecule has 2 nitrogen and oxygen atoms in total. The Labute approximate surface area is 54.6 Å². The predicted octanol–water partition coefficient (Wildman–Crippen LogP) is 0.00150. The van der Waals surface area contributed by atoms with Gasteiger partial charge in [0.05, 0.1) is 6.04 Å². The smallest absolute Gasteiger partial charge is 0.0608 e. The third-order valence-electron chi connectivity index (χ3n) is 1.83. The summed E-state index contributed by atoms with van der Waals surface area (Å²) in [4.78, 5) is 0. The van der Waals surface area contributed by atoms with Gasteiger partial charge in [-0.05, 0) is 17.8 Å². The molecule has 0 saturated carbocycles. The van der Waals surface area contributed by atoms with Crippen molar-refractivity contribution in [3.05, 3.63) is 23.9 Å². The van der Waals surface area contributed by atoms with Crippen molar-refractivity contribution in [3.63, 3.8) is 0 Å². The number of dihydropyridines is 1. The van der Waals surface area contributed by atoms with Crippen LogP contribution in [0.4, 0.5) is 0 Å². The fourth-order valence-corrected chi connectivity index (χ4v) is 1.30. The molecular formula is C7H10N2. The summed E-state index contributed by atoms with van der Waals surface area (Å²) in [6.07, 6.45) is 6.24. The Morgan fingerprint density at radius 1 is 1.56 bits per heavy atom. The Balaban J connectivity index is 2.23. The first kappa shape index (κ1) is 5.06. The van der Waals surface area contributed by atoms with Gasteiger partial charge in [0.25, 0.3) is 0 Å². The van der Waals surface area contributed by atoms with Crippen LogP contribution in [0.25, 0.3) is 0 Å². The fourth-order valence-electron chi connectivity index (χ4n) is 1.30. The second kappa shape index (κ2) is 1.88. The molecule has 2 N–H and O–H groups in total. The minimum absolute atomic E-state index is 0.579. The molecule has 0 aliphatic carbocycles. The van der Waals surface area contributed by atoms with Crippen LogP contribution >= 0.6 is 0 Å². The third-order valence-corrected chi connectivity index (χ3v) is 1.83. The van der Waals surface area contributed by atoms with Gasteiger partial charge in [-0.2, -0.15) is 0 Å². The van der Waals surface area contributed by atoms with Crippen molar-refractivity contribution in [2.24, 2.45) is 0 Å². The van der Waals surface area contributed by atoms with Gasteiger partial charge in [-0.3, -0.25) is 0 Å². The number of hydrogen-bond donors (Lipinski definition) is 2. The highest BCUT2D eigenvalue weighted by molar-refractivity contribution is 5.27. The van der Waals surface area contributed by atoms with Crippen molar-refractivity contribution < 1.29 is 0 Å². The van der Waals surface area contributed by atoms with Crippen molar-refractivity contribution in [3.8, 4) is 0 Å². The molecule has 48 valence electrons. The Morgan fingerprint density at radius 2 is 2.56 bits per heavy atom. The van der Waals surface area contributed by atoms with Crippen LogP contribution in [-0.4, -0.2) is 19.1 Å². The summed E-state index contributed by atoms with van der Waals surface area (Å²) >= 11 is 0. The van der Waals surface area contributed by atoms with Crippen LogP contribution < -0.4 is 10.6 Å². The van der Waals surface area contributed by atoms with Gasteiger partial charge in [0, 0.05) is 13.1 Å². The molecule has 2 heteroatoms. The normalized spacial score (nSPS) is 31.1. The van der Waals surface area contributed by atoms with Crippen LogP contribution in [0.1, 0.15) is 0 Å². The van der Waals surface area contributed by atoms with E-state index in [1.165, 1.54) is 5.57 Å². The Morgan fingerprint density at radius 3 is 3.44 bits per heavy atom. The van der Waals surface area contributed by atoms with E-state index in [1.807, 2.05) is 6.20 Å².